The van der Waals surface area contributed by atoms with Crippen LogP contribution in [0.1, 0.15) is 40.3 Å². The molecule has 0 aliphatic rings. The highest BCUT2D eigenvalue weighted by Crippen LogP contribution is 1.99. The summed E-state index contributed by atoms with van der Waals surface area (Å²) in [6.45, 7) is 14.5. The lowest BCUT2D eigenvalue weighted by Crippen LogP contribution is -2.26. The van der Waals surface area contributed by atoms with Gasteiger partial charge < -0.3 is 0 Å². The molecule has 3 aromatic heterocycles. The Morgan fingerprint density at radius 3 is 2.16 bits per heavy atom. The van der Waals surface area contributed by atoms with Crippen LogP contribution in [0.2, 0.25) is 0 Å². The maximum absolute atomic E-state index is 11.8. The van der Waals surface area contributed by atoms with Crippen molar-refractivity contribution in [2.24, 2.45) is 0 Å². The predicted molar refractivity (Wildman–Crippen MR) is 100 cm³/mol. The number of hydrogen-bond acceptors (Lipinski definition) is 4. The molecule has 0 bridgehead atoms. The van der Waals surface area contributed by atoms with Crippen LogP contribution in [0.5, 0.6) is 0 Å². The maximum atomic E-state index is 11.8. The van der Waals surface area contributed by atoms with Gasteiger partial charge in [-0.25, -0.2) is 4.39 Å². The zero-order valence-corrected chi connectivity index (χ0v) is 15.6. The number of fused-ring (bicyclic) bond motifs is 2. The lowest BCUT2D eigenvalue weighted by atomic mass is 10.4. The third kappa shape index (κ3) is 5.34. The van der Waals surface area contributed by atoms with Crippen molar-refractivity contribution in [2.45, 2.75) is 41.5 Å². The van der Waals surface area contributed by atoms with Gasteiger partial charge >= 0.3 is 0 Å². The van der Waals surface area contributed by atoms with E-state index in [0.29, 0.717) is 5.69 Å². The summed E-state index contributed by atoms with van der Waals surface area (Å²) >= 11 is 0. The van der Waals surface area contributed by atoms with E-state index in [4.69, 9.17) is 0 Å². The van der Waals surface area contributed by atoms with Crippen molar-refractivity contribution in [3.8, 4) is 0 Å². The first-order valence-electron chi connectivity index (χ1n) is 8.13. The monoisotopic (exact) mass is 348 g/mol. The summed E-state index contributed by atoms with van der Waals surface area (Å²) in [5.41, 5.74) is 0.493. The molecule has 0 aliphatic carbocycles. The van der Waals surface area contributed by atoms with E-state index >= 15 is 0 Å². The van der Waals surface area contributed by atoms with Gasteiger partial charge in [0.25, 0.3) is 11.1 Å². The third-order valence-electron chi connectivity index (χ3n) is 2.64. The smallest absolute Gasteiger partial charge is 0.265 e. The van der Waals surface area contributed by atoms with Gasteiger partial charge in [0, 0.05) is 0 Å². The molecular formula is C18H25FN4O2. The van der Waals surface area contributed by atoms with Crippen LogP contribution in [-0.2, 0) is 0 Å². The average Bonchev–Trinajstić information content (AvgIpc) is 3.24. The average molecular weight is 348 g/mol. The molecule has 0 aliphatic heterocycles. The van der Waals surface area contributed by atoms with E-state index in [1.807, 2.05) is 27.7 Å². The predicted octanol–water partition coefficient (Wildman–Crippen LogP) is 3.55. The number of aromatic nitrogens is 4. The van der Waals surface area contributed by atoms with Crippen molar-refractivity contribution >= 4 is 11.0 Å². The Kier molecular flexibility index (Phi) is 9.62. The first-order chi connectivity index (χ1) is 12.0. The molecule has 0 amide bonds. The highest BCUT2D eigenvalue weighted by Gasteiger charge is 2.11. The lowest BCUT2D eigenvalue weighted by Gasteiger charge is -1.92. The van der Waals surface area contributed by atoms with E-state index in [1.54, 1.807) is 26.0 Å². The fourth-order valence-corrected chi connectivity index (χ4v) is 1.83. The number of aryl methyl sites for hydroxylation is 1. The number of allylic oxidation sites excluding steroid dienone is 3. The molecule has 3 aromatic rings. The molecule has 6 nitrogen and oxygen atoms in total. The first kappa shape index (κ1) is 22.2. The minimum absolute atomic E-state index is 0.246. The fraction of sp³-hybridized carbons (Fsp3) is 0.333. The van der Waals surface area contributed by atoms with Crippen molar-refractivity contribution in [1.82, 2.24) is 19.2 Å². The molecule has 25 heavy (non-hydrogen) atoms. The second kappa shape index (κ2) is 10.9. The number of halogens is 1. The maximum Gasteiger partial charge on any atom is 0.297 e. The van der Waals surface area contributed by atoms with Gasteiger partial charge in [0.1, 0.15) is 16.9 Å². The summed E-state index contributed by atoms with van der Waals surface area (Å²) in [6.07, 6.45) is 4.33. The third-order valence-corrected chi connectivity index (χ3v) is 2.64. The van der Waals surface area contributed by atoms with Crippen molar-refractivity contribution in [1.29, 1.82) is 0 Å². The van der Waals surface area contributed by atoms with Crippen molar-refractivity contribution < 1.29 is 4.39 Å². The molecule has 0 radical (unpaired) electrons. The molecule has 0 fully saturated rings. The fourth-order valence-electron chi connectivity index (χ4n) is 1.83. The Morgan fingerprint density at radius 2 is 1.68 bits per heavy atom. The number of rotatable bonds is 1. The quantitative estimate of drug-likeness (QED) is 0.631. The zero-order valence-electron chi connectivity index (χ0n) is 15.6. The van der Waals surface area contributed by atoms with E-state index in [1.165, 1.54) is 18.3 Å². The van der Waals surface area contributed by atoms with E-state index in [9.17, 15) is 14.0 Å². The molecule has 3 heterocycles. The lowest BCUT2D eigenvalue weighted by molar-refractivity contribution is 0.671. The van der Waals surface area contributed by atoms with E-state index in [0.717, 1.165) is 9.03 Å². The number of nitrogens with zero attached hydrogens (tertiary/aromatic N) is 4. The summed E-state index contributed by atoms with van der Waals surface area (Å²) in [5, 5.41) is 7.77. The largest absolute Gasteiger partial charge is 0.297 e. The van der Waals surface area contributed by atoms with Gasteiger partial charge in [-0.15, -0.1) is 0 Å². The van der Waals surface area contributed by atoms with Gasteiger partial charge in [0.05, 0.1) is 11.9 Å². The summed E-state index contributed by atoms with van der Waals surface area (Å²) in [7, 11) is 0. The molecule has 3 rings (SSSR count). The van der Waals surface area contributed by atoms with Crippen LogP contribution >= 0.6 is 0 Å². The van der Waals surface area contributed by atoms with Crippen LogP contribution in [-0.4, -0.2) is 19.2 Å². The molecule has 0 atom stereocenters. The van der Waals surface area contributed by atoms with Gasteiger partial charge in [0.15, 0.2) is 0 Å². The summed E-state index contributed by atoms with van der Waals surface area (Å²) in [5.74, 6) is -0.391. The van der Waals surface area contributed by atoms with Crippen LogP contribution in [0, 0.1) is 6.92 Å². The Hall–Kier alpha value is -2.83. The Balaban J connectivity index is 0.000000492. The molecule has 0 saturated carbocycles. The Bertz CT molecular complexity index is 879. The minimum atomic E-state index is -0.391. The highest BCUT2D eigenvalue weighted by atomic mass is 19.1. The molecule has 0 aromatic carbocycles. The van der Waals surface area contributed by atoms with Gasteiger partial charge in [0.2, 0.25) is 0 Å². The van der Waals surface area contributed by atoms with Gasteiger partial charge in [-0.1, -0.05) is 40.3 Å². The molecule has 0 saturated heterocycles. The highest BCUT2D eigenvalue weighted by molar-refractivity contribution is 5.53. The molecule has 0 spiro atoms. The Labute approximate surface area is 146 Å². The molecule has 7 heteroatoms. The van der Waals surface area contributed by atoms with Gasteiger partial charge in [-0.3, -0.25) is 9.59 Å². The van der Waals surface area contributed by atoms with Crippen LogP contribution in [0.25, 0.3) is 11.0 Å². The van der Waals surface area contributed by atoms with Crippen LogP contribution < -0.4 is 11.1 Å². The molecule has 0 N–H and O–H groups in total. The summed E-state index contributed by atoms with van der Waals surface area (Å²) in [4.78, 5) is 23.6. The minimum Gasteiger partial charge on any atom is -0.265 e. The summed E-state index contributed by atoms with van der Waals surface area (Å²) < 4.78 is 13.6. The van der Waals surface area contributed by atoms with Gasteiger partial charge in [-0.05, 0) is 32.1 Å². The zero-order chi connectivity index (χ0) is 19.6. The van der Waals surface area contributed by atoms with Crippen LogP contribution in [0.4, 0.5) is 4.39 Å². The number of hydrogen-bond donors (Lipinski definition) is 0. The standard InChI is InChI=1S/C9H6N4O2.C5H7F.2C2H6/c1-5-4-7-9(15)12-6(2-3-10-12)8(14)13(7)11-5;1-3-4-5(2)6;2*1-2/h2-4H,1H3;3-4H,2H2,1H3;2*1-2H3/b;4-3-;;. The molecular weight excluding hydrogens is 323 g/mol. The van der Waals surface area contributed by atoms with Crippen molar-refractivity contribution in [3.05, 3.63) is 69.3 Å². The topological polar surface area (TPSA) is 68.7 Å². The van der Waals surface area contributed by atoms with Crippen LogP contribution in [0.15, 0.2) is 52.5 Å². The van der Waals surface area contributed by atoms with Crippen LogP contribution in [0.3, 0.4) is 0 Å². The Morgan fingerprint density at radius 1 is 1.12 bits per heavy atom. The second-order valence-corrected chi connectivity index (χ2v) is 4.27. The van der Waals surface area contributed by atoms with Gasteiger partial charge in [-0.2, -0.15) is 19.2 Å². The summed E-state index contributed by atoms with van der Waals surface area (Å²) in [6, 6.07) is 3.07. The van der Waals surface area contributed by atoms with Crippen molar-refractivity contribution in [3.63, 3.8) is 0 Å². The normalized spacial score (nSPS) is 9.72. The van der Waals surface area contributed by atoms with E-state index in [2.05, 4.69) is 16.8 Å². The van der Waals surface area contributed by atoms with E-state index < -0.39 is 5.83 Å². The second-order valence-electron chi connectivity index (χ2n) is 4.27. The molecule has 0 unspecified atom stereocenters. The first-order valence-corrected chi connectivity index (χ1v) is 8.13. The SMILES string of the molecule is C=C(F)/C=C\C.CC.CC.Cc1cc2c(=O)n3nccc3c(=O)n2n1. The molecule has 136 valence electrons. The van der Waals surface area contributed by atoms with Crippen molar-refractivity contribution in [2.75, 3.05) is 0 Å². The van der Waals surface area contributed by atoms with E-state index in [-0.39, 0.29) is 22.2 Å².